The molecule has 0 saturated heterocycles. The first-order valence-electron chi connectivity index (χ1n) is 5.70. The molecule has 0 unspecified atom stereocenters. The van der Waals surface area contributed by atoms with Crippen LogP contribution in [0.1, 0.15) is 21.6 Å². The molecule has 20 heavy (non-hydrogen) atoms. The fourth-order valence-electron chi connectivity index (χ4n) is 1.75. The summed E-state index contributed by atoms with van der Waals surface area (Å²) in [6, 6.07) is 4.84. The fourth-order valence-corrected chi connectivity index (χ4v) is 2.52. The minimum absolute atomic E-state index is 0.120. The third-order valence-electron chi connectivity index (χ3n) is 2.72. The van der Waals surface area contributed by atoms with Crippen LogP contribution in [-0.2, 0) is 13.7 Å². The van der Waals surface area contributed by atoms with Gasteiger partial charge < -0.3 is 4.74 Å². The summed E-state index contributed by atoms with van der Waals surface area (Å²) < 4.78 is 7.22. The second kappa shape index (κ2) is 6.04. The lowest BCUT2D eigenvalue weighted by Crippen LogP contribution is -2.04. The lowest BCUT2D eigenvalue weighted by molar-refractivity contribution is 0.108. The summed E-state index contributed by atoms with van der Waals surface area (Å²) in [5.74, 6) is 0.581. The van der Waals surface area contributed by atoms with Crippen molar-refractivity contribution in [3.05, 3.63) is 45.1 Å². The highest BCUT2D eigenvalue weighted by atomic mass is 35.5. The Morgan fingerprint density at radius 3 is 2.65 bits per heavy atom. The zero-order valence-corrected chi connectivity index (χ0v) is 13.1. The van der Waals surface area contributed by atoms with Gasteiger partial charge in [-0.1, -0.05) is 23.2 Å². The number of rotatable bonds is 4. The van der Waals surface area contributed by atoms with E-state index in [9.17, 15) is 4.79 Å². The van der Waals surface area contributed by atoms with Crippen molar-refractivity contribution in [3.63, 3.8) is 0 Å². The smallest absolute Gasteiger partial charge is 0.253 e. The number of aromatic nitrogens is 2. The number of ether oxygens (including phenoxy) is 1. The third kappa shape index (κ3) is 3.08. The quantitative estimate of drug-likeness (QED) is 0.795. The van der Waals surface area contributed by atoms with Crippen molar-refractivity contribution < 1.29 is 9.53 Å². The van der Waals surface area contributed by atoms with E-state index < -0.39 is 5.24 Å². The molecule has 106 valence electrons. The predicted octanol–water partition coefficient (Wildman–Crippen LogP) is 3.99. The molecule has 7 heteroatoms. The van der Waals surface area contributed by atoms with Gasteiger partial charge in [0.2, 0.25) is 5.88 Å². The van der Waals surface area contributed by atoms with E-state index in [2.05, 4.69) is 5.10 Å². The first kappa shape index (κ1) is 15.2. The Hall–Kier alpha value is -1.23. The largest absolute Gasteiger partial charge is 0.473 e. The molecule has 0 aliphatic rings. The van der Waals surface area contributed by atoms with Crippen LogP contribution in [0.5, 0.6) is 5.88 Å². The summed E-state index contributed by atoms with van der Waals surface area (Å²) >= 11 is 17.7. The Bertz CT molecular complexity index is 668. The molecule has 0 fully saturated rings. The number of aryl methyl sites for hydroxylation is 2. The summed E-state index contributed by atoms with van der Waals surface area (Å²) in [4.78, 5) is 11.2. The van der Waals surface area contributed by atoms with Crippen LogP contribution in [0.3, 0.4) is 0 Å². The van der Waals surface area contributed by atoms with Gasteiger partial charge in [0.25, 0.3) is 5.24 Å². The molecule has 0 aliphatic carbocycles. The van der Waals surface area contributed by atoms with Gasteiger partial charge in [0.05, 0.1) is 16.3 Å². The number of nitrogens with zero attached hydrogens (tertiary/aromatic N) is 2. The zero-order chi connectivity index (χ0) is 14.9. The lowest BCUT2D eigenvalue weighted by Gasteiger charge is -2.11. The molecule has 2 aromatic rings. The topological polar surface area (TPSA) is 44.1 Å². The third-order valence-corrected chi connectivity index (χ3v) is 3.71. The maximum absolute atomic E-state index is 11.2. The van der Waals surface area contributed by atoms with Gasteiger partial charge in [0.15, 0.2) is 0 Å². The highest BCUT2D eigenvalue weighted by Gasteiger charge is 2.16. The Morgan fingerprint density at radius 2 is 2.10 bits per heavy atom. The molecule has 0 radical (unpaired) electrons. The van der Waals surface area contributed by atoms with Gasteiger partial charge in [-0.2, -0.15) is 5.10 Å². The van der Waals surface area contributed by atoms with Gasteiger partial charge in [-0.3, -0.25) is 4.79 Å². The van der Waals surface area contributed by atoms with Crippen molar-refractivity contribution in [2.45, 2.75) is 13.5 Å². The maximum atomic E-state index is 11.2. The van der Waals surface area contributed by atoms with E-state index in [0.29, 0.717) is 16.5 Å². The molecule has 1 aromatic carbocycles. The normalized spacial score (nSPS) is 10.7. The average Bonchev–Trinajstić information content (AvgIpc) is 2.67. The van der Waals surface area contributed by atoms with Crippen LogP contribution >= 0.6 is 34.8 Å². The Balaban J connectivity index is 2.27. The van der Waals surface area contributed by atoms with E-state index in [4.69, 9.17) is 39.5 Å². The minimum atomic E-state index is -0.635. The molecule has 0 amide bonds. The first-order valence-corrected chi connectivity index (χ1v) is 6.83. The molecule has 4 nitrogen and oxygen atoms in total. The van der Waals surface area contributed by atoms with E-state index >= 15 is 0 Å². The van der Waals surface area contributed by atoms with Crippen molar-refractivity contribution in [2.75, 3.05) is 0 Å². The molecule has 1 aromatic heterocycles. The van der Waals surface area contributed by atoms with Crippen LogP contribution < -0.4 is 4.74 Å². The molecule has 2 rings (SSSR count). The lowest BCUT2D eigenvalue weighted by atomic mass is 10.1. The standard InChI is InChI=1S/C13H11Cl3N2O2/c1-7-5-11(18(2)17-7)20-6-9-10(14)4-3-8(12(9)15)13(16)19/h3-5H,6H2,1-2H3. The molecule has 0 N–H and O–H groups in total. The fraction of sp³-hybridized carbons (Fsp3) is 0.231. The molecule has 0 spiro atoms. The molecule has 0 saturated carbocycles. The van der Waals surface area contributed by atoms with Gasteiger partial charge in [0, 0.05) is 23.7 Å². The van der Waals surface area contributed by atoms with E-state index in [-0.39, 0.29) is 17.2 Å². The predicted molar refractivity (Wildman–Crippen MR) is 78.9 cm³/mol. The summed E-state index contributed by atoms with van der Waals surface area (Å²) in [7, 11) is 1.77. The van der Waals surface area contributed by atoms with E-state index in [0.717, 1.165) is 5.69 Å². The molecule has 1 heterocycles. The molecular weight excluding hydrogens is 323 g/mol. The second-order valence-electron chi connectivity index (χ2n) is 4.20. The van der Waals surface area contributed by atoms with Crippen LogP contribution in [0.2, 0.25) is 10.0 Å². The number of hydrogen-bond donors (Lipinski definition) is 0. The van der Waals surface area contributed by atoms with Crippen molar-refractivity contribution >= 4 is 40.0 Å². The van der Waals surface area contributed by atoms with Gasteiger partial charge >= 0.3 is 0 Å². The van der Waals surface area contributed by atoms with E-state index in [1.54, 1.807) is 23.9 Å². The number of carbonyl (C=O) groups is 1. The van der Waals surface area contributed by atoms with Crippen LogP contribution in [0.4, 0.5) is 0 Å². The van der Waals surface area contributed by atoms with Crippen LogP contribution in [0, 0.1) is 6.92 Å². The van der Waals surface area contributed by atoms with Crippen molar-refractivity contribution in [2.24, 2.45) is 7.05 Å². The molecule has 0 aliphatic heterocycles. The first-order chi connectivity index (χ1) is 9.40. The summed E-state index contributed by atoms with van der Waals surface area (Å²) in [5, 5.41) is 4.15. The monoisotopic (exact) mass is 332 g/mol. The molecule has 0 atom stereocenters. The minimum Gasteiger partial charge on any atom is -0.473 e. The number of carbonyl (C=O) groups excluding carboxylic acids is 1. The van der Waals surface area contributed by atoms with Crippen LogP contribution in [0.25, 0.3) is 0 Å². The van der Waals surface area contributed by atoms with Crippen LogP contribution in [0.15, 0.2) is 18.2 Å². The number of hydrogen-bond acceptors (Lipinski definition) is 3. The molecule has 0 bridgehead atoms. The maximum Gasteiger partial charge on any atom is 0.253 e. The van der Waals surface area contributed by atoms with Crippen LogP contribution in [-0.4, -0.2) is 15.0 Å². The van der Waals surface area contributed by atoms with Gasteiger partial charge in [-0.15, -0.1) is 0 Å². The van der Waals surface area contributed by atoms with Crippen molar-refractivity contribution in [1.82, 2.24) is 9.78 Å². The number of halogens is 3. The van der Waals surface area contributed by atoms with Gasteiger partial charge in [-0.25, -0.2) is 4.68 Å². The second-order valence-corrected chi connectivity index (χ2v) is 5.33. The highest BCUT2D eigenvalue weighted by Crippen LogP contribution is 2.30. The van der Waals surface area contributed by atoms with E-state index in [1.165, 1.54) is 6.07 Å². The Kier molecular flexibility index (Phi) is 4.58. The summed E-state index contributed by atoms with van der Waals surface area (Å²) in [6.45, 7) is 1.98. The summed E-state index contributed by atoms with van der Waals surface area (Å²) in [6.07, 6.45) is 0. The SMILES string of the molecule is Cc1cc(OCc2c(Cl)ccc(C(=O)Cl)c2Cl)n(C)n1. The highest BCUT2D eigenvalue weighted by molar-refractivity contribution is 6.68. The van der Waals surface area contributed by atoms with Crippen molar-refractivity contribution in [1.29, 1.82) is 0 Å². The Labute approximate surface area is 131 Å². The van der Waals surface area contributed by atoms with Gasteiger partial charge in [0.1, 0.15) is 6.61 Å². The van der Waals surface area contributed by atoms with Gasteiger partial charge in [-0.05, 0) is 30.7 Å². The molecular formula is C13H11Cl3N2O2. The van der Waals surface area contributed by atoms with E-state index in [1.807, 2.05) is 6.92 Å². The average molecular weight is 334 g/mol. The number of benzene rings is 1. The van der Waals surface area contributed by atoms with Crippen molar-refractivity contribution in [3.8, 4) is 5.88 Å². The Morgan fingerprint density at radius 1 is 1.40 bits per heavy atom. The summed E-state index contributed by atoms with van der Waals surface area (Å²) in [5.41, 5.74) is 1.56. The zero-order valence-electron chi connectivity index (χ0n) is 10.8.